The molecule has 16 nitrogen and oxygen atoms in total. The third-order valence-corrected chi connectivity index (χ3v) is 9.32. The van der Waals surface area contributed by atoms with Crippen molar-refractivity contribution in [1.82, 2.24) is 20.6 Å². The van der Waals surface area contributed by atoms with Gasteiger partial charge in [-0.3, -0.25) is 19.1 Å². The van der Waals surface area contributed by atoms with Crippen molar-refractivity contribution in [3.63, 3.8) is 0 Å². The maximum atomic E-state index is 12.5. The molecule has 0 spiro atoms. The quantitative estimate of drug-likeness (QED) is 0.0407. The average Bonchev–Trinajstić information content (AvgIpc) is 3.18. The number of aromatic nitrogens is 2. The lowest BCUT2D eigenvalue weighted by Gasteiger charge is -2.32. The van der Waals surface area contributed by atoms with Gasteiger partial charge in [0.2, 0.25) is 11.9 Å². The van der Waals surface area contributed by atoms with Gasteiger partial charge in [0.15, 0.2) is 0 Å². The zero-order valence-electron chi connectivity index (χ0n) is 33.8. The van der Waals surface area contributed by atoms with E-state index in [1.165, 1.54) is 29.9 Å². The van der Waals surface area contributed by atoms with E-state index in [-0.39, 0.29) is 83.2 Å². The third kappa shape index (κ3) is 20.1. The number of nitrogens with one attached hydrogen (secondary N) is 3. The zero-order valence-corrected chi connectivity index (χ0v) is 34.6. The molecule has 0 radical (unpaired) electrons. The summed E-state index contributed by atoms with van der Waals surface area (Å²) in [6.45, 7) is 9.26. The van der Waals surface area contributed by atoms with Gasteiger partial charge in [-0.25, -0.2) is 14.8 Å². The Labute approximate surface area is 344 Å². The zero-order chi connectivity index (χ0) is 42.2. The molecule has 0 aliphatic rings. The first kappa shape index (κ1) is 47.6. The summed E-state index contributed by atoms with van der Waals surface area (Å²) in [7, 11) is 0. The Balaban J connectivity index is 1.23. The van der Waals surface area contributed by atoms with E-state index in [9.17, 15) is 24.3 Å². The van der Waals surface area contributed by atoms with Crippen molar-refractivity contribution in [1.29, 1.82) is 0 Å². The van der Waals surface area contributed by atoms with Crippen LogP contribution in [0.2, 0.25) is 0 Å². The van der Waals surface area contributed by atoms with Crippen LogP contribution < -0.4 is 20.1 Å². The van der Waals surface area contributed by atoms with Crippen LogP contribution in [0.1, 0.15) is 69.3 Å². The van der Waals surface area contributed by atoms with Crippen molar-refractivity contribution in [3.05, 3.63) is 72.1 Å². The molecule has 0 saturated heterocycles. The summed E-state index contributed by atoms with van der Waals surface area (Å²) < 4.78 is 29.8. The molecule has 0 aliphatic heterocycles. The Hall–Kier alpha value is -4.81. The number of aliphatic carboxylic acids is 2. The van der Waals surface area contributed by atoms with E-state index in [4.69, 9.17) is 28.8 Å². The molecule has 2 amide bonds. The molecule has 1 aromatic heterocycles. The first-order valence-corrected chi connectivity index (χ1v) is 20.0. The van der Waals surface area contributed by atoms with Gasteiger partial charge in [-0.1, -0.05) is 32.4 Å². The maximum absolute atomic E-state index is 12.5. The first-order chi connectivity index (χ1) is 27.7. The molecule has 0 bridgehead atoms. The van der Waals surface area contributed by atoms with Crippen molar-refractivity contribution >= 4 is 41.6 Å². The molecular formula is C41H57N5O11S. The number of hydrogen-bond acceptors (Lipinski definition) is 13. The number of carboxylic acids is 2. The minimum Gasteiger partial charge on any atom is -0.481 e. The van der Waals surface area contributed by atoms with Crippen molar-refractivity contribution in [2.45, 2.75) is 64.7 Å². The lowest BCUT2D eigenvalue weighted by atomic mass is 9.72. The third-order valence-electron chi connectivity index (χ3n) is 8.53. The van der Waals surface area contributed by atoms with E-state index >= 15 is 0 Å². The SMILES string of the molecule is CC(C)(CCCCc1ccc(Oc2ccc(SNc3ncc(C(=O)NCCOCCOCC(=O)NCCOCCOCC(=O)O)cn3)cc2)cc1)CC(C)(C)C(=O)O. The van der Waals surface area contributed by atoms with Crippen LogP contribution in [0, 0.1) is 10.8 Å². The predicted molar refractivity (Wildman–Crippen MR) is 218 cm³/mol. The van der Waals surface area contributed by atoms with Crippen molar-refractivity contribution in [2.75, 3.05) is 70.7 Å². The molecule has 3 rings (SSSR count). The largest absolute Gasteiger partial charge is 0.481 e. The lowest BCUT2D eigenvalue weighted by Crippen LogP contribution is -2.31. The number of hydrogen-bond donors (Lipinski definition) is 5. The molecule has 1 heterocycles. The second-order valence-electron chi connectivity index (χ2n) is 14.8. The molecule has 0 unspecified atom stereocenters. The summed E-state index contributed by atoms with van der Waals surface area (Å²) >= 11 is 1.32. The fourth-order valence-electron chi connectivity index (χ4n) is 5.75. The van der Waals surface area contributed by atoms with Gasteiger partial charge in [-0.2, -0.15) is 0 Å². The number of carbonyl (C=O) groups excluding carboxylic acids is 2. The number of carboxylic acid groups (broad SMARTS) is 2. The monoisotopic (exact) mass is 827 g/mol. The molecule has 3 aromatic rings. The number of amides is 2. The molecule has 0 aliphatic carbocycles. The number of benzene rings is 2. The molecule has 0 saturated carbocycles. The summed E-state index contributed by atoms with van der Waals surface area (Å²) in [5, 5.41) is 23.3. The van der Waals surface area contributed by atoms with Gasteiger partial charge in [-0.15, -0.1) is 0 Å². The highest BCUT2D eigenvalue weighted by Gasteiger charge is 2.34. The molecule has 0 atom stereocenters. The van der Waals surface area contributed by atoms with Gasteiger partial charge in [0.1, 0.15) is 24.7 Å². The van der Waals surface area contributed by atoms with Gasteiger partial charge < -0.3 is 44.5 Å². The van der Waals surface area contributed by atoms with Crippen LogP contribution in [-0.2, 0) is 39.8 Å². The van der Waals surface area contributed by atoms with E-state index in [1.807, 2.05) is 36.4 Å². The molecular weight excluding hydrogens is 771 g/mol. The summed E-state index contributed by atoms with van der Waals surface area (Å²) in [4.78, 5) is 55.4. The number of unbranched alkanes of at least 4 members (excludes halogenated alkanes) is 1. The average molecular weight is 828 g/mol. The summed E-state index contributed by atoms with van der Waals surface area (Å²) in [6.07, 6.45) is 7.53. The van der Waals surface area contributed by atoms with Crippen LogP contribution in [0.25, 0.3) is 0 Å². The predicted octanol–water partition coefficient (Wildman–Crippen LogP) is 5.63. The fraction of sp³-hybridized carbons (Fsp3) is 0.512. The Kier molecular flexibility index (Phi) is 20.9. The van der Waals surface area contributed by atoms with Crippen LogP contribution in [0.3, 0.4) is 0 Å². The second kappa shape index (κ2) is 25.5. The molecule has 58 heavy (non-hydrogen) atoms. The molecule has 5 N–H and O–H groups in total. The van der Waals surface area contributed by atoms with E-state index in [2.05, 4.69) is 51.3 Å². The lowest BCUT2D eigenvalue weighted by molar-refractivity contribution is -0.148. The van der Waals surface area contributed by atoms with E-state index in [0.717, 1.165) is 36.3 Å². The van der Waals surface area contributed by atoms with Crippen LogP contribution in [0.4, 0.5) is 5.95 Å². The van der Waals surface area contributed by atoms with Gasteiger partial charge in [0, 0.05) is 30.4 Å². The minimum atomic E-state index is -1.05. The molecule has 17 heteroatoms. The number of rotatable bonds is 30. The minimum absolute atomic E-state index is 0.0293. The van der Waals surface area contributed by atoms with Gasteiger partial charge in [0.25, 0.3) is 5.91 Å². The smallest absolute Gasteiger partial charge is 0.329 e. The van der Waals surface area contributed by atoms with Gasteiger partial charge in [0.05, 0.1) is 50.6 Å². The van der Waals surface area contributed by atoms with Crippen LogP contribution in [0.15, 0.2) is 65.8 Å². The van der Waals surface area contributed by atoms with E-state index in [0.29, 0.717) is 23.7 Å². The highest BCUT2D eigenvalue weighted by Crippen LogP contribution is 2.37. The Morgan fingerprint density at radius 2 is 1.28 bits per heavy atom. The van der Waals surface area contributed by atoms with Crippen molar-refractivity contribution in [3.8, 4) is 11.5 Å². The van der Waals surface area contributed by atoms with Crippen LogP contribution in [0.5, 0.6) is 11.5 Å². The Bertz CT molecular complexity index is 1690. The van der Waals surface area contributed by atoms with Gasteiger partial charge >= 0.3 is 11.9 Å². The van der Waals surface area contributed by atoms with E-state index < -0.39 is 17.4 Å². The molecule has 2 aromatic carbocycles. The first-order valence-electron chi connectivity index (χ1n) is 19.2. The topological polar surface area (TPSA) is 217 Å². The Morgan fingerprint density at radius 1 is 0.707 bits per heavy atom. The maximum Gasteiger partial charge on any atom is 0.329 e. The number of aryl methyl sites for hydroxylation is 1. The van der Waals surface area contributed by atoms with Crippen molar-refractivity contribution in [2.24, 2.45) is 10.8 Å². The number of nitrogens with zero attached hydrogens (tertiary/aromatic N) is 2. The second-order valence-corrected chi connectivity index (χ2v) is 15.7. The van der Waals surface area contributed by atoms with Gasteiger partial charge in [-0.05, 0) is 98.9 Å². The van der Waals surface area contributed by atoms with Crippen molar-refractivity contribution < 1.29 is 53.1 Å². The summed E-state index contributed by atoms with van der Waals surface area (Å²) in [5.74, 6) is -0.645. The van der Waals surface area contributed by atoms with Crippen LogP contribution in [-0.4, -0.2) is 110 Å². The number of anilines is 1. The van der Waals surface area contributed by atoms with Crippen LogP contribution >= 0.6 is 11.9 Å². The summed E-state index contributed by atoms with van der Waals surface area (Å²) in [5.41, 5.74) is 0.780. The van der Waals surface area contributed by atoms with E-state index in [1.54, 1.807) is 13.8 Å². The highest BCUT2D eigenvalue weighted by molar-refractivity contribution is 8.00. The standard InChI is InChI=1S/C41H57N5O11S/c1-40(2,29-41(3,4)38(51)52)16-6-5-7-30-8-10-32(11-9-30)57-33-12-14-34(15-13-33)58-46-39-44-25-31(26-45-39)37(50)43-18-20-54-21-23-55-27-35(47)42-17-19-53-22-24-56-28-36(48)49/h8-15,25-26H,5-7,16-24,27-29H2,1-4H3,(H,42,47)(H,43,50)(H,48,49)(H,51,52)(H,44,45,46). The highest BCUT2D eigenvalue weighted by atomic mass is 32.2. The molecule has 0 fully saturated rings. The molecule has 318 valence electrons. The summed E-state index contributed by atoms with van der Waals surface area (Å²) in [6, 6.07) is 15.7. The number of ether oxygens (including phenoxy) is 5. The Morgan fingerprint density at radius 3 is 1.88 bits per heavy atom. The normalized spacial score (nSPS) is 11.5. The fourth-order valence-corrected chi connectivity index (χ4v) is 6.33. The number of carbonyl (C=O) groups is 4.